The molecule has 1 aliphatic carbocycles. The van der Waals surface area contributed by atoms with Crippen molar-refractivity contribution < 1.29 is 5.11 Å². The summed E-state index contributed by atoms with van der Waals surface area (Å²) in [6.07, 6.45) is 3.96. The van der Waals surface area contributed by atoms with Crippen molar-refractivity contribution >= 4 is 11.6 Å². The quantitative estimate of drug-likeness (QED) is 0.876. The lowest BCUT2D eigenvalue weighted by Crippen LogP contribution is -2.25. The van der Waals surface area contributed by atoms with Crippen LogP contribution in [-0.2, 0) is 6.42 Å². The summed E-state index contributed by atoms with van der Waals surface area (Å²) >= 11 is 0. The Labute approximate surface area is 120 Å². The van der Waals surface area contributed by atoms with Crippen LogP contribution in [0.3, 0.4) is 0 Å². The first-order chi connectivity index (χ1) is 9.71. The fourth-order valence-electron chi connectivity index (χ4n) is 3.53. The van der Waals surface area contributed by atoms with Gasteiger partial charge in [0.25, 0.3) is 0 Å². The van der Waals surface area contributed by atoms with E-state index in [4.69, 9.17) is 4.98 Å². The van der Waals surface area contributed by atoms with Gasteiger partial charge in [-0.1, -0.05) is 6.92 Å². The van der Waals surface area contributed by atoms with Gasteiger partial charge < -0.3 is 15.3 Å². The predicted octanol–water partition coefficient (Wildman–Crippen LogP) is 1.68. The van der Waals surface area contributed by atoms with Crippen LogP contribution in [0.25, 0.3) is 0 Å². The second-order valence-corrected chi connectivity index (χ2v) is 6.00. The fraction of sp³-hybridized carbons (Fsp3) is 0.733. The van der Waals surface area contributed by atoms with Crippen LogP contribution in [-0.4, -0.2) is 41.3 Å². The first-order valence-corrected chi connectivity index (χ1v) is 7.70. The smallest absolute Gasteiger partial charge is 0.134 e. The molecular weight excluding hydrogens is 252 g/mol. The van der Waals surface area contributed by atoms with Gasteiger partial charge in [0.15, 0.2) is 0 Å². The molecule has 5 heteroatoms. The summed E-state index contributed by atoms with van der Waals surface area (Å²) in [6, 6.07) is 2.02. The standard InChI is InChI=1S/C15H24N4O/c1-3-4-13-17-14(16-2)7-15(18-13)19-8-10-5-6-12(20)11(10)9-19/h7,10-12,20H,3-6,8-9H2,1-2H3,(H,16,17,18). The number of aliphatic hydroxyl groups is 1. The Balaban J connectivity index is 1.81. The van der Waals surface area contributed by atoms with Crippen LogP contribution in [0.2, 0.25) is 0 Å². The number of rotatable bonds is 4. The van der Waals surface area contributed by atoms with E-state index < -0.39 is 0 Å². The first-order valence-electron chi connectivity index (χ1n) is 7.70. The molecule has 0 amide bonds. The Bertz CT molecular complexity index is 479. The molecule has 1 aliphatic heterocycles. The Morgan fingerprint density at radius 2 is 2.20 bits per heavy atom. The van der Waals surface area contributed by atoms with Gasteiger partial charge in [0.1, 0.15) is 17.5 Å². The van der Waals surface area contributed by atoms with Crippen LogP contribution >= 0.6 is 0 Å². The lowest BCUT2D eigenvalue weighted by atomic mass is 10.00. The molecule has 1 aromatic heterocycles. The van der Waals surface area contributed by atoms with Crippen molar-refractivity contribution in [3.8, 4) is 0 Å². The molecule has 1 aromatic rings. The Morgan fingerprint density at radius 3 is 2.90 bits per heavy atom. The molecular formula is C15H24N4O. The van der Waals surface area contributed by atoms with Gasteiger partial charge in [0, 0.05) is 38.5 Å². The van der Waals surface area contributed by atoms with E-state index in [-0.39, 0.29) is 6.10 Å². The van der Waals surface area contributed by atoms with E-state index in [2.05, 4.69) is 22.1 Å². The van der Waals surface area contributed by atoms with Gasteiger partial charge in [-0.2, -0.15) is 0 Å². The summed E-state index contributed by atoms with van der Waals surface area (Å²) in [4.78, 5) is 11.5. The van der Waals surface area contributed by atoms with Crippen LogP contribution < -0.4 is 10.2 Å². The molecule has 1 saturated heterocycles. The van der Waals surface area contributed by atoms with Crippen LogP contribution in [0.1, 0.15) is 32.0 Å². The number of aliphatic hydroxyl groups excluding tert-OH is 1. The Morgan fingerprint density at radius 1 is 1.35 bits per heavy atom. The van der Waals surface area contributed by atoms with Gasteiger partial charge in [0.2, 0.25) is 0 Å². The zero-order valence-electron chi connectivity index (χ0n) is 12.3. The average molecular weight is 276 g/mol. The van der Waals surface area contributed by atoms with Crippen molar-refractivity contribution in [3.05, 3.63) is 11.9 Å². The number of aromatic nitrogens is 2. The van der Waals surface area contributed by atoms with Crippen LogP contribution in [0.4, 0.5) is 11.6 Å². The van der Waals surface area contributed by atoms with Crippen LogP contribution in [0, 0.1) is 11.8 Å². The summed E-state index contributed by atoms with van der Waals surface area (Å²) in [5.41, 5.74) is 0. The molecule has 110 valence electrons. The van der Waals surface area contributed by atoms with E-state index in [1.165, 1.54) is 0 Å². The summed E-state index contributed by atoms with van der Waals surface area (Å²) in [5.74, 6) is 3.86. The lowest BCUT2D eigenvalue weighted by Gasteiger charge is -2.20. The molecule has 0 bridgehead atoms. The van der Waals surface area contributed by atoms with E-state index in [9.17, 15) is 5.11 Å². The van der Waals surface area contributed by atoms with E-state index in [0.717, 1.165) is 56.2 Å². The fourth-order valence-corrected chi connectivity index (χ4v) is 3.53. The molecule has 2 heterocycles. The number of fused-ring (bicyclic) bond motifs is 1. The first kappa shape index (κ1) is 13.6. The lowest BCUT2D eigenvalue weighted by molar-refractivity contribution is 0.133. The number of anilines is 2. The van der Waals surface area contributed by atoms with Gasteiger partial charge in [-0.3, -0.25) is 0 Å². The van der Waals surface area contributed by atoms with Crippen molar-refractivity contribution in [2.75, 3.05) is 30.4 Å². The molecule has 2 N–H and O–H groups in total. The summed E-state index contributed by atoms with van der Waals surface area (Å²) < 4.78 is 0. The number of hydrogen-bond acceptors (Lipinski definition) is 5. The second kappa shape index (κ2) is 5.56. The third-order valence-corrected chi connectivity index (χ3v) is 4.63. The van der Waals surface area contributed by atoms with Gasteiger partial charge in [-0.05, 0) is 25.2 Å². The number of nitrogens with one attached hydrogen (secondary N) is 1. The highest BCUT2D eigenvalue weighted by molar-refractivity contribution is 5.50. The third-order valence-electron chi connectivity index (χ3n) is 4.63. The molecule has 2 fully saturated rings. The van der Waals surface area contributed by atoms with E-state index in [1.54, 1.807) is 0 Å². The molecule has 1 saturated carbocycles. The van der Waals surface area contributed by atoms with Gasteiger partial charge >= 0.3 is 0 Å². The van der Waals surface area contributed by atoms with E-state index in [0.29, 0.717) is 11.8 Å². The summed E-state index contributed by atoms with van der Waals surface area (Å²) in [7, 11) is 1.89. The maximum atomic E-state index is 10.0. The van der Waals surface area contributed by atoms with Crippen molar-refractivity contribution in [2.45, 2.75) is 38.7 Å². The van der Waals surface area contributed by atoms with Crippen molar-refractivity contribution in [1.29, 1.82) is 0 Å². The number of nitrogens with zero attached hydrogens (tertiary/aromatic N) is 3. The van der Waals surface area contributed by atoms with Gasteiger partial charge in [-0.15, -0.1) is 0 Å². The topological polar surface area (TPSA) is 61.3 Å². The molecule has 3 atom stereocenters. The van der Waals surface area contributed by atoms with E-state index in [1.807, 2.05) is 13.1 Å². The Hall–Kier alpha value is -1.36. The normalized spacial score (nSPS) is 28.8. The maximum Gasteiger partial charge on any atom is 0.134 e. The average Bonchev–Trinajstić information content (AvgIpc) is 3.01. The molecule has 5 nitrogen and oxygen atoms in total. The minimum absolute atomic E-state index is 0.120. The Kier molecular flexibility index (Phi) is 3.78. The summed E-state index contributed by atoms with van der Waals surface area (Å²) in [5, 5.41) is 13.2. The molecule has 3 unspecified atom stereocenters. The SMILES string of the molecule is CCCc1nc(NC)cc(N2CC3CCC(O)C3C2)n1. The van der Waals surface area contributed by atoms with Crippen molar-refractivity contribution in [3.63, 3.8) is 0 Å². The van der Waals surface area contributed by atoms with Crippen molar-refractivity contribution in [1.82, 2.24) is 9.97 Å². The molecule has 0 radical (unpaired) electrons. The number of hydrogen-bond donors (Lipinski definition) is 2. The van der Waals surface area contributed by atoms with Gasteiger partial charge in [0.05, 0.1) is 6.10 Å². The minimum atomic E-state index is -0.120. The zero-order chi connectivity index (χ0) is 14.1. The highest BCUT2D eigenvalue weighted by atomic mass is 16.3. The second-order valence-electron chi connectivity index (χ2n) is 6.00. The minimum Gasteiger partial charge on any atom is -0.393 e. The van der Waals surface area contributed by atoms with Crippen LogP contribution in [0.5, 0.6) is 0 Å². The highest BCUT2D eigenvalue weighted by Gasteiger charge is 2.42. The largest absolute Gasteiger partial charge is 0.393 e. The third kappa shape index (κ3) is 2.46. The van der Waals surface area contributed by atoms with Gasteiger partial charge in [-0.25, -0.2) is 9.97 Å². The molecule has 0 aromatic carbocycles. The summed E-state index contributed by atoms with van der Waals surface area (Å²) in [6.45, 7) is 4.09. The molecule has 3 rings (SSSR count). The van der Waals surface area contributed by atoms with Crippen molar-refractivity contribution in [2.24, 2.45) is 11.8 Å². The highest BCUT2D eigenvalue weighted by Crippen LogP contribution is 2.39. The molecule has 20 heavy (non-hydrogen) atoms. The number of aryl methyl sites for hydroxylation is 1. The van der Waals surface area contributed by atoms with E-state index >= 15 is 0 Å². The van der Waals surface area contributed by atoms with Crippen LogP contribution in [0.15, 0.2) is 6.07 Å². The predicted molar refractivity (Wildman–Crippen MR) is 80.0 cm³/mol. The molecule has 0 spiro atoms. The maximum absolute atomic E-state index is 10.0. The monoisotopic (exact) mass is 276 g/mol. The molecule has 2 aliphatic rings. The zero-order valence-corrected chi connectivity index (χ0v) is 12.3.